The summed E-state index contributed by atoms with van der Waals surface area (Å²) in [4.78, 5) is 34.6. The molecule has 4 heterocycles. The van der Waals surface area contributed by atoms with Crippen molar-refractivity contribution >= 4 is 61.2 Å². The number of carbonyl (C=O) groups excluding carboxylic acids is 1. The van der Waals surface area contributed by atoms with Gasteiger partial charge < -0.3 is 19.7 Å². The number of hydrogen-bond donors (Lipinski definition) is 2. The first kappa shape index (κ1) is 54.1. The van der Waals surface area contributed by atoms with E-state index in [1.807, 2.05) is 83.5 Å². The highest BCUT2D eigenvalue weighted by Gasteiger charge is 2.41. The first-order chi connectivity index (χ1) is 38.8. The molecule has 80 heavy (non-hydrogen) atoms. The molecular formula is C63H63ClN8O7S. The number of hydrogen-bond acceptors (Lipinski definition) is 12. The predicted molar refractivity (Wildman–Crippen MR) is 313 cm³/mol. The number of allylic oxidation sites excluding steroid dienone is 1. The number of nitrogens with one attached hydrogen (secondary N) is 2. The van der Waals surface area contributed by atoms with Gasteiger partial charge >= 0.3 is 5.69 Å². The summed E-state index contributed by atoms with van der Waals surface area (Å²) in [6.45, 7) is 10.1. The monoisotopic (exact) mass is 1110 g/mol. The molecule has 2 saturated heterocycles. The molecule has 2 N–H and O–H groups in total. The molecule has 8 aromatic rings. The molecule has 17 heteroatoms. The van der Waals surface area contributed by atoms with E-state index in [0.29, 0.717) is 44.0 Å². The molecule has 2 aliphatic heterocycles. The Bertz CT molecular complexity index is 3580. The van der Waals surface area contributed by atoms with Crippen LogP contribution in [-0.4, -0.2) is 91.4 Å². The van der Waals surface area contributed by atoms with Crippen LogP contribution in [0.5, 0.6) is 11.5 Å². The second-order valence-corrected chi connectivity index (χ2v) is 23.8. The molecule has 0 bridgehead atoms. The van der Waals surface area contributed by atoms with Gasteiger partial charge in [0.15, 0.2) is 0 Å². The van der Waals surface area contributed by atoms with Crippen LogP contribution < -0.4 is 19.7 Å². The number of anilines is 2. The van der Waals surface area contributed by atoms with Crippen molar-refractivity contribution < 1.29 is 27.6 Å². The van der Waals surface area contributed by atoms with E-state index in [-0.39, 0.29) is 28.5 Å². The van der Waals surface area contributed by atoms with Crippen LogP contribution in [0.3, 0.4) is 0 Å². The van der Waals surface area contributed by atoms with Crippen LogP contribution in [0.2, 0.25) is 5.02 Å². The first-order valence-electron chi connectivity index (χ1n) is 27.2. The SMILES string of the molecule is CC1(C)CCC(CN2CCN(c3ccc(C(=O)NS(=O)(=O)c4cnc(NCC5CCOCC5)c([N+](=O)[O-])c4)c(Oc4cccc5c4cnn5C(c4ccccc4)(c4ccccc4)c4ccccc4)c3)CC2)=C(c2ccc(Cl)cc2)C1. The molecule has 1 aliphatic carbocycles. The Hall–Kier alpha value is -7.89. The number of ether oxygens (including phenoxy) is 2. The fourth-order valence-electron chi connectivity index (χ4n) is 11.6. The minimum absolute atomic E-state index is 0.0669. The summed E-state index contributed by atoms with van der Waals surface area (Å²) in [7, 11) is -4.72. The average molecular weight is 1110 g/mol. The van der Waals surface area contributed by atoms with E-state index in [4.69, 9.17) is 26.2 Å². The number of amides is 1. The van der Waals surface area contributed by atoms with Crippen LogP contribution in [0.4, 0.5) is 17.2 Å². The van der Waals surface area contributed by atoms with E-state index in [1.165, 1.54) is 16.7 Å². The third-order valence-corrected chi connectivity index (χ3v) is 17.5. The Morgan fingerprint density at radius 2 is 1.46 bits per heavy atom. The van der Waals surface area contributed by atoms with E-state index >= 15 is 0 Å². The first-order valence-corrected chi connectivity index (χ1v) is 29.0. The largest absolute Gasteiger partial charge is 0.456 e. The van der Waals surface area contributed by atoms with E-state index in [1.54, 1.807) is 30.5 Å². The van der Waals surface area contributed by atoms with Gasteiger partial charge in [-0.25, -0.2) is 22.8 Å². The van der Waals surface area contributed by atoms with Crippen LogP contribution in [-0.2, 0) is 20.3 Å². The Balaban J connectivity index is 0.931. The standard InChI is InChI=1S/C63H63ClN8O7S/c1-62(2)30-27-46(54(39-62)45-21-23-50(64)24-22-45)43-69-31-33-70(34-32-69)51-25-26-53(61(73)68-80(76,77)52-38-57(72(74)75)60(66-41-52)65-40-44-28-35-78-36-29-44)59(37-51)79-58-20-12-19-56-55(58)42-67-71(56)63(47-13-6-3-7-14-47,48-15-8-4-9-16-48)49-17-10-5-11-18-49/h3-26,37-38,41-42,44H,27-36,39-40,43H2,1-2H3,(H,65,66)(H,68,73). The maximum Gasteiger partial charge on any atom is 0.312 e. The Morgan fingerprint density at radius 3 is 2.10 bits per heavy atom. The summed E-state index contributed by atoms with van der Waals surface area (Å²) in [5.41, 5.74) is 7.14. The molecule has 410 valence electrons. The smallest absolute Gasteiger partial charge is 0.312 e. The number of pyridine rings is 1. The van der Waals surface area contributed by atoms with Crippen molar-refractivity contribution in [2.45, 2.75) is 56.4 Å². The number of sulfonamides is 1. The number of carbonyl (C=O) groups is 1. The Kier molecular flexibility index (Phi) is 15.6. The molecule has 0 radical (unpaired) electrons. The molecule has 0 unspecified atom stereocenters. The topological polar surface area (TPSA) is 174 Å². The summed E-state index contributed by atoms with van der Waals surface area (Å²) in [5, 5.41) is 21.9. The van der Waals surface area contributed by atoms with Crippen LogP contribution >= 0.6 is 11.6 Å². The van der Waals surface area contributed by atoms with Gasteiger partial charge in [0.05, 0.1) is 33.8 Å². The third-order valence-electron chi connectivity index (χ3n) is 15.9. The highest BCUT2D eigenvalue weighted by molar-refractivity contribution is 7.90. The molecule has 11 rings (SSSR count). The zero-order chi connectivity index (χ0) is 55.4. The second-order valence-electron chi connectivity index (χ2n) is 21.7. The maximum absolute atomic E-state index is 14.6. The van der Waals surface area contributed by atoms with Gasteiger partial charge in [0.2, 0.25) is 5.82 Å². The molecule has 3 aliphatic rings. The van der Waals surface area contributed by atoms with Crippen molar-refractivity contribution in [1.82, 2.24) is 24.4 Å². The fraction of sp³-hybridized carbons (Fsp3) is 0.286. The van der Waals surface area contributed by atoms with E-state index in [2.05, 4.69) is 87.2 Å². The number of rotatable bonds is 17. The number of nitro groups is 1. The van der Waals surface area contributed by atoms with Crippen molar-refractivity contribution in [3.63, 3.8) is 0 Å². The predicted octanol–water partition coefficient (Wildman–Crippen LogP) is 12.4. The third kappa shape index (κ3) is 11.3. The number of aromatic nitrogens is 3. The van der Waals surface area contributed by atoms with Crippen LogP contribution in [0.15, 0.2) is 181 Å². The molecule has 0 saturated carbocycles. The summed E-state index contributed by atoms with van der Waals surface area (Å²) in [5.74, 6) is -0.387. The number of benzene rings is 6. The van der Waals surface area contributed by atoms with Crippen molar-refractivity contribution in [3.8, 4) is 11.5 Å². The quantitative estimate of drug-likeness (QED) is 0.0502. The number of halogens is 1. The lowest BCUT2D eigenvalue weighted by Gasteiger charge is -2.39. The van der Waals surface area contributed by atoms with E-state index in [9.17, 15) is 23.3 Å². The molecule has 2 fully saturated rings. The highest BCUT2D eigenvalue weighted by Crippen LogP contribution is 2.46. The Morgan fingerprint density at radius 1 is 0.812 bits per heavy atom. The zero-order valence-electron chi connectivity index (χ0n) is 44.8. The van der Waals surface area contributed by atoms with Gasteiger partial charge in [-0.05, 0) is 108 Å². The summed E-state index contributed by atoms with van der Waals surface area (Å²) in [6, 6.07) is 50.5. The van der Waals surface area contributed by atoms with Gasteiger partial charge in [-0.3, -0.25) is 19.8 Å². The van der Waals surface area contributed by atoms with Crippen molar-refractivity contribution in [1.29, 1.82) is 0 Å². The van der Waals surface area contributed by atoms with Crippen LogP contribution in [0, 0.1) is 21.4 Å². The molecule has 2 aromatic heterocycles. The van der Waals surface area contributed by atoms with Gasteiger partial charge in [-0.2, -0.15) is 5.10 Å². The lowest BCUT2D eigenvalue weighted by molar-refractivity contribution is -0.384. The molecule has 0 spiro atoms. The van der Waals surface area contributed by atoms with Crippen molar-refractivity contribution in [2.24, 2.45) is 11.3 Å². The lowest BCUT2D eigenvalue weighted by atomic mass is 9.72. The van der Waals surface area contributed by atoms with Gasteiger partial charge in [0, 0.05) is 75.3 Å². The van der Waals surface area contributed by atoms with Crippen molar-refractivity contribution in [3.05, 3.63) is 219 Å². The average Bonchev–Trinajstić information content (AvgIpc) is 3.64. The van der Waals surface area contributed by atoms with E-state index in [0.717, 1.165) is 96.9 Å². The van der Waals surface area contributed by atoms with Crippen LogP contribution in [0.1, 0.15) is 78.6 Å². The Labute approximate surface area is 471 Å². The van der Waals surface area contributed by atoms with Gasteiger partial charge in [-0.1, -0.05) is 140 Å². The fourth-order valence-corrected chi connectivity index (χ4v) is 12.6. The molecule has 15 nitrogen and oxygen atoms in total. The minimum atomic E-state index is -4.72. The molecule has 1 amide bonds. The second kappa shape index (κ2) is 23.1. The molecule has 6 aromatic carbocycles. The van der Waals surface area contributed by atoms with Crippen LogP contribution in [0.25, 0.3) is 16.5 Å². The van der Waals surface area contributed by atoms with Gasteiger partial charge in [0.25, 0.3) is 15.9 Å². The zero-order valence-corrected chi connectivity index (χ0v) is 46.3. The van der Waals surface area contributed by atoms with E-state index < -0.39 is 37.0 Å². The number of nitrogens with zero attached hydrogens (tertiary/aromatic N) is 6. The van der Waals surface area contributed by atoms with Gasteiger partial charge in [-0.15, -0.1) is 0 Å². The lowest BCUT2D eigenvalue weighted by Crippen LogP contribution is -2.47. The highest BCUT2D eigenvalue weighted by atomic mass is 35.5. The minimum Gasteiger partial charge on any atom is -0.456 e. The normalized spacial score (nSPS) is 16.4. The molecular weight excluding hydrogens is 1050 g/mol. The number of piperazine rings is 1. The summed E-state index contributed by atoms with van der Waals surface area (Å²) in [6.07, 6.45) is 7.46. The summed E-state index contributed by atoms with van der Waals surface area (Å²) < 4.78 is 44.8. The van der Waals surface area contributed by atoms with Gasteiger partial charge in [0.1, 0.15) is 21.9 Å². The molecule has 0 atom stereocenters. The number of fused-ring (bicyclic) bond motifs is 1. The maximum atomic E-state index is 14.6. The van der Waals surface area contributed by atoms with Crippen molar-refractivity contribution in [2.75, 3.05) is 62.7 Å². The summed E-state index contributed by atoms with van der Waals surface area (Å²) >= 11 is 6.32.